The highest BCUT2D eigenvalue weighted by atomic mass is 16.5. The van der Waals surface area contributed by atoms with Crippen molar-refractivity contribution in [3.8, 4) is 0 Å². The van der Waals surface area contributed by atoms with Gasteiger partial charge in [-0.05, 0) is 25.6 Å². The predicted octanol–water partition coefficient (Wildman–Crippen LogP) is 1.58. The average molecular weight is 369 g/mol. The normalized spacial score (nSPS) is 17.5. The topological polar surface area (TPSA) is 92.7 Å². The second-order valence-electron chi connectivity index (χ2n) is 7.33. The van der Waals surface area contributed by atoms with Gasteiger partial charge in [0.15, 0.2) is 11.5 Å². The number of pyridine rings is 1. The molecule has 1 fully saturated rings. The number of hydrogen-bond acceptors (Lipinski definition) is 7. The minimum atomic E-state index is 0.0307. The fourth-order valence-corrected chi connectivity index (χ4v) is 3.34. The molecule has 0 saturated carbocycles. The largest absolute Gasteiger partial charge is 0.339 e. The molecule has 1 aliphatic rings. The van der Waals surface area contributed by atoms with Gasteiger partial charge in [0.1, 0.15) is 6.33 Å². The van der Waals surface area contributed by atoms with E-state index in [9.17, 15) is 4.79 Å². The Kier molecular flexibility index (Phi) is 4.61. The maximum Gasteiger partial charge on any atom is 0.255 e. The van der Waals surface area contributed by atoms with E-state index in [1.165, 1.54) is 0 Å². The van der Waals surface area contributed by atoms with Crippen LogP contribution in [0.2, 0.25) is 0 Å². The first-order valence-corrected chi connectivity index (χ1v) is 9.12. The molecule has 27 heavy (non-hydrogen) atoms. The summed E-state index contributed by atoms with van der Waals surface area (Å²) in [5, 5.41) is 11.9. The zero-order valence-electron chi connectivity index (χ0n) is 15.7. The summed E-state index contributed by atoms with van der Waals surface area (Å²) in [6, 6.07) is 3.88. The number of nitrogens with zero attached hydrogens (tertiary/aromatic N) is 7. The first-order chi connectivity index (χ1) is 13.0. The summed E-state index contributed by atoms with van der Waals surface area (Å²) >= 11 is 0. The minimum absolute atomic E-state index is 0.0307. The van der Waals surface area contributed by atoms with Crippen molar-refractivity contribution in [2.75, 3.05) is 20.1 Å². The van der Waals surface area contributed by atoms with Crippen molar-refractivity contribution in [2.24, 2.45) is 0 Å². The molecule has 9 nitrogen and oxygen atoms in total. The molecule has 0 spiro atoms. The van der Waals surface area contributed by atoms with Gasteiger partial charge in [0.25, 0.3) is 5.91 Å². The van der Waals surface area contributed by atoms with Crippen LogP contribution in [0.15, 0.2) is 29.2 Å². The molecule has 1 unspecified atom stereocenters. The first kappa shape index (κ1) is 17.6. The second kappa shape index (κ2) is 7.07. The molecule has 1 saturated heterocycles. The molecule has 3 aromatic rings. The van der Waals surface area contributed by atoms with Crippen LogP contribution in [0.1, 0.15) is 48.3 Å². The van der Waals surface area contributed by atoms with Crippen molar-refractivity contribution in [3.63, 3.8) is 0 Å². The lowest BCUT2D eigenvalue weighted by Crippen LogP contribution is -2.36. The summed E-state index contributed by atoms with van der Waals surface area (Å²) in [5.74, 6) is 1.59. The number of amides is 1. The van der Waals surface area contributed by atoms with E-state index in [1.807, 2.05) is 31.9 Å². The smallest absolute Gasteiger partial charge is 0.255 e. The van der Waals surface area contributed by atoms with Gasteiger partial charge in [-0.3, -0.25) is 14.1 Å². The number of likely N-dealkylation sites (tertiary alicyclic amines) is 1. The third-order valence-corrected chi connectivity index (χ3v) is 4.98. The average Bonchev–Trinajstić information content (AvgIpc) is 3.39. The Morgan fingerprint density at radius 1 is 1.41 bits per heavy atom. The third kappa shape index (κ3) is 3.55. The van der Waals surface area contributed by atoms with E-state index in [0.29, 0.717) is 30.4 Å². The van der Waals surface area contributed by atoms with Crippen molar-refractivity contribution >= 4 is 11.6 Å². The van der Waals surface area contributed by atoms with Crippen LogP contribution in [0, 0.1) is 0 Å². The van der Waals surface area contributed by atoms with Crippen molar-refractivity contribution < 1.29 is 9.32 Å². The molecule has 1 aliphatic heterocycles. The molecule has 1 atom stereocenters. The highest BCUT2D eigenvalue weighted by molar-refractivity contribution is 5.94. The molecule has 0 bridgehead atoms. The first-order valence-electron chi connectivity index (χ1n) is 9.12. The van der Waals surface area contributed by atoms with Crippen molar-refractivity contribution in [1.29, 1.82) is 0 Å². The van der Waals surface area contributed by atoms with E-state index in [2.05, 4.69) is 25.2 Å². The lowest BCUT2D eigenvalue weighted by atomic mass is 10.2. The molecule has 9 heteroatoms. The van der Waals surface area contributed by atoms with Crippen LogP contribution < -0.4 is 0 Å². The van der Waals surface area contributed by atoms with Gasteiger partial charge >= 0.3 is 0 Å². The number of hydrogen-bond donors (Lipinski definition) is 0. The third-order valence-electron chi connectivity index (χ3n) is 4.98. The van der Waals surface area contributed by atoms with E-state index in [1.54, 1.807) is 23.0 Å². The van der Waals surface area contributed by atoms with Crippen molar-refractivity contribution in [3.05, 3.63) is 41.9 Å². The number of carbonyl (C=O) groups is 1. The van der Waals surface area contributed by atoms with E-state index in [4.69, 9.17) is 4.52 Å². The van der Waals surface area contributed by atoms with Crippen LogP contribution in [-0.4, -0.2) is 66.6 Å². The van der Waals surface area contributed by atoms with Crippen LogP contribution in [0.3, 0.4) is 0 Å². The van der Waals surface area contributed by atoms with Crippen LogP contribution in [0.4, 0.5) is 0 Å². The molecule has 1 amide bonds. The van der Waals surface area contributed by atoms with E-state index < -0.39 is 0 Å². The van der Waals surface area contributed by atoms with Crippen molar-refractivity contribution in [1.82, 2.24) is 34.5 Å². The Hall–Kier alpha value is -2.81. The Labute approximate surface area is 157 Å². The number of likely N-dealkylation sites (N-methyl/N-ethyl adjacent to an activating group) is 1. The standard InChI is InChI=1S/C18H23N7O2/c1-12(2)17-20-15(22-27-17)10-23(3)14-6-7-24(9-14)18(26)13-4-5-16-21-19-11-25(16)8-13/h4-5,8,11-12,14H,6-7,9-10H2,1-3H3. The zero-order valence-corrected chi connectivity index (χ0v) is 15.7. The highest BCUT2D eigenvalue weighted by Gasteiger charge is 2.30. The van der Waals surface area contributed by atoms with Gasteiger partial charge in [0.05, 0.1) is 12.1 Å². The molecule has 4 heterocycles. The van der Waals surface area contributed by atoms with Crippen LogP contribution in [0.5, 0.6) is 0 Å². The van der Waals surface area contributed by atoms with Gasteiger partial charge in [-0.25, -0.2) is 0 Å². The van der Waals surface area contributed by atoms with Gasteiger partial charge in [-0.15, -0.1) is 10.2 Å². The summed E-state index contributed by atoms with van der Waals surface area (Å²) in [6.45, 7) is 6.08. The van der Waals surface area contributed by atoms with Crippen LogP contribution in [0.25, 0.3) is 5.65 Å². The molecule has 142 valence electrons. The molecular formula is C18H23N7O2. The fraction of sp³-hybridized carbons (Fsp3) is 0.500. The number of carbonyl (C=O) groups excluding carboxylic acids is 1. The highest BCUT2D eigenvalue weighted by Crippen LogP contribution is 2.19. The summed E-state index contributed by atoms with van der Waals surface area (Å²) < 4.78 is 7.03. The van der Waals surface area contributed by atoms with Gasteiger partial charge in [-0.2, -0.15) is 4.98 Å². The lowest BCUT2D eigenvalue weighted by Gasteiger charge is -2.23. The number of rotatable bonds is 5. The predicted molar refractivity (Wildman–Crippen MR) is 97.1 cm³/mol. The fourth-order valence-electron chi connectivity index (χ4n) is 3.34. The second-order valence-corrected chi connectivity index (χ2v) is 7.33. The Morgan fingerprint density at radius 3 is 3.04 bits per heavy atom. The SMILES string of the molecule is CC(C)c1nc(CN(C)C2CCN(C(=O)c3ccc4nncn4c3)C2)no1. The monoisotopic (exact) mass is 369 g/mol. The summed E-state index contributed by atoms with van der Waals surface area (Å²) in [5.41, 5.74) is 1.37. The molecule has 3 aromatic heterocycles. The quantitative estimate of drug-likeness (QED) is 0.674. The van der Waals surface area contributed by atoms with E-state index in [0.717, 1.165) is 18.6 Å². The number of fused-ring (bicyclic) bond motifs is 1. The molecule has 0 radical (unpaired) electrons. The van der Waals surface area contributed by atoms with Crippen molar-refractivity contribution in [2.45, 2.75) is 38.8 Å². The minimum Gasteiger partial charge on any atom is -0.339 e. The van der Waals surface area contributed by atoms with Gasteiger partial charge in [0, 0.05) is 31.2 Å². The van der Waals surface area contributed by atoms with E-state index >= 15 is 0 Å². The molecule has 0 aromatic carbocycles. The summed E-state index contributed by atoms with van der Waals surface area (Å²) in [6.07, 6.45) is 4.30. The lowest BCUT2D eigenvalue weighted by molar-refractivity contribution is 0.0778. The maximum atomic E-state index is 12.8. The molecule has 0 N–H and O–H groups in total. The molecule has 0 aliphatic carbocycles. The molecular weight excluding hydrogens is 346 g/mol. The van der Waals surface area contributed by atoms with Gasteiger partial charge < -0.3 is 9.42 Å². The maximum absolute atomic E-state index is 12.8. The van der Waals surface area contributed by atoms with Gasteiger partial charge in [-0.1, -0.05) is 19.0 Å². The van der Waals surface area contributed by atoms with Gasteiger partial charge in [0.2, 0.25) is 5.89 Å². The summed E-state index contributed by atoms with van der Waals surface area (Å²) in [4.78, 5) is 21.3. The Bertz CT molecular complexity index is 948. The number of aromatic nitrogens is 5. The van der Waals surface area contributed by atoms with Crippen LogP contribution >= 0.6 is 0 Å². The Balaban J connectivity index is 1.39. The van der Waals surface area contributed by atoms with E-state index in [-0.39, 0.29) is 17.9 Å². The van der Waals surface area contributed by atoms with Crippen LogP contribution in [-0.2, 0) is 6.54 Å². The summed E-state index contributed by atoms with van der Waals surface area (Å²) in [7, 11) is 2.03. The molecule has 4 rings (SSSR count). The zero-order chi connectivity index (χ0) is 19.0. The Morgan fingerprint density at radius 2 is 2.26 bits per heavy atom.